The Kier molecular flexibility index (Phi) is 4.98. The molecule has 1 atom stereocenters. The molecule has 1 N–H and O–H groups in total. The molecule has 1 aliphatic rings. The maximum absolute atomic E-state index is 13.0. The van der Waals surface area contributed by atoms with E-state index in [0.29, 0.717) is 16.6 Å². The average Bonchev–Trinajstić information content (AvgIpc) is 3.11. The first-order chi connectivity index (χ1) is 12.6. The molecule has 3 nitrogen and oxygen atoms in total. The average molecular weight is 403 g/mol. The number of hydrogen-bond acceptors (Lipinski definition) is 2. The van der Waals surface area contributed by atoms with E-state index in [-0.39, 0.29) is 11.4 Å². The van der Waals surface area contributed by atoms with Gasteiger partial charge < -0.3 is 10.2 Å². The van der Waals surface area contributed by atoms with E-state index in [4.69, 9.17) is 23.2 Å². The van der Waals surface area contributed by atoms with Gasteiger partial charge in [-0.15, -0.1) is 11.8 Å². The number of halogens is 2. The van der Waals surface area contributed by atoms with Gasteiger partial charge in [0, 0.05) is 33.3 Å². The predicted octanol–water partition coefficient (Wildman–Crippen LogP) is 6.43. The van der Waals surface area contributed by atoms with Gasteiger partial charge in [-0.25, -0.2) is 4.79 Å². The van der Waals surface area contributed by atoms with Crippen molar-refractivity contribution in [3.63, 3.8) is 0 Å². The fourth-order valence-electron chi connectivity index (χ4n) is 3.16. The summed E-state index contributed by atoms with van der Waals surface area (Å²) >= 11 is 14.1. The van der Waals surface area contributed by atoms with Gasteiger partial charge in [-0.1, -0.05) is 65.7 Å². The third-order valence-electron chi connectivity index (χ3n) is 4.41. The molecule has 0 bridgehead atoms. The van der Waals surface area contributed by atoms with Crippen LogP contribution >= 0.6 is 35.0 Å². The molecule has 0 radical (unpaired) electrons. The second kappa shape index (κ2) is 7.39. The zero-order valence-corrected chi connectivity index (χ0v) is 16.1. The summed E-state index contributed by atoms with van der Waals surface area (Å²) in [4.78, 5) is 14.8. The van der Waals surface area contributed by atoms with E-state index in [0.717, 1.165) is 27.8 Å². The molecule has 0 unspecified atom stereocenters. The molecule has 1 aliphatic heterocycles. The maximum Gasteiger partial charge on any atom is 0.323 e. The van der Waals surface area contributed by atoms with E-state index in [1.54, 1.807) is 17.8 Å². The van der Waals surface area contributed by atoms with E-state index >= 15 is 0 Å². The van der Waals surface area contributed by atoms with Crippen molar-refractivity contribution < 1.29 is 4.79 Å². The minimum Gasteiger partial charge on any atom is -0.308 e. The van der Waals surface area contributed by atoms with Crippen LogP contribution < -0.4 is 5.32 Å². The molecule has 0 aromatic heterocycles. The molecule has 1 heterocycles. The molecule has 3 aromatic carbocycles. The largest absolute Gasteiger partial charge is 0.323 e. The molecule has 2 amide bonds. The third-order valence-corrected chi connectivity index (χ3v) is 6.22. The van der Waals surface area contributed by atoms with Gasteiger partial charge in [0.1, 0.15) is 5.37 Å². The molecule has 26 heavy (non-hydrogen) atoms. The minimum absolute atomic E-state index is 0.116. The van der Waals surface area contributed by atoms with Gasteiger partial charge in [0.25, 0.3) is 0 Å². The number of carbonyl (C=O) groups excluding carboxylic acids is 1. The van der Waals surface area contributed by atoms with Crippen LogP contribution in [-0.4, -0.2) is 23.2 Å². The maximum atomic E-state index is 13.0. The van der Waals surface area contributed by atoms with E-state index in [9.17, 15) is 4.79 Å². The first-order valence-corrected chi connectivity index (χ1v) is 10.1. The van der Waals surface area contributed by atoms with Crippen LogP contribution in [0.15, 0.2) is 60.7 Å². The second-order valence-corrected chi connectivity index (χ2v) is 8.07. The van der Waals surface area contributed by atoms with E-state index in [2.05, 4.69) is 5.32 Å². The lowest BCUT2D eigenvalue weighted by molar-refractivity contribution is 0.214. The number of urea groups is 1. The van der Waals surface area contributed by atoms with Gasteiger partial charge in [-0.3, -0.25) is 0 Å². The number of fused-ring (bicyclic) bond motifs is 1. The standard InChI is InChI=1S/C20H16Cl2N2OS/c21-14-8-9-16(17(22)12-14)19-24(10-11-26-19)20(25)23-18-7-3-5-13-4-1-2-6-15(13)18/h1-9,12,19H,10-11H2,(H,23,25)/t19-/m0/s1. The van der Waals surface area contributed by atoms with Crippen LogP contribution in [0.1, 0.15) is 10.9 Å². The minimum atomic E-state index is -0.123. The Balaban J connectivity index is 1.61. The Morgan fingerprint density at radius 3 is 2.73 bits per heavy atom. The number of benzene rings is 3. The van der Waals surface area contributed by atoms with Crippen LogP contribution in [0.3, 0.4) is 0 Å². The second-order valence-electron chi connectivity index (χ2n) is 6.04. The quantitative estimate of drug-likeness (QED) is 0.535. The molecule has 3 aromatic rings. The molecular formula is C20H16Cl2N2OS. The monoisotopic (exact) mass is 402 g/mol. The lowest BCUT2D eigenvalue weighted by atomic mass is 10.1. The molecule has 1 saturated heterocycles. The number of hydrogen-bond donors (Lipinski definition) is 1. The normalized spacial score (nSPS) is 16.8. The van der Waals surface area contributed by atoms with E-state index in [1.165, 1.54) is 0 Å². The third kappa shape index (κ3) is 3.37. The lowest BCUT2D eigenvalue weighted by Gasteiger charge is -2.25. The van der Waals surface area contributed by atoms with Crippen molar-refractivity contribution >= 4 is 57.5 Å². The number of nitrogens with one attached hydrogen (secondary N) is 1. The Hall–Kier alpha value is -1.88. The van der Waals surface area contributed by atoms with Gasteiger partial charge >= 0.3 is 6.03 Å². The summed E-state index contributed by atoms with van der Waals surface area (Å²) in [5.74, 6) is 0.868. The Labute approximate surface area is 166 Å². The Morgan fingerprint density at radius 2 is 1.88 bits per heavy atom. The summed E-state index contributed by atoms with van der Waals surface area (Å²) in [5, 5.41) is 6.24. The number of rotatable bonds is 2. The van der Waals surface area contributed by atoms with Gasteiger partial charge in [-0.05, 0) is 23.6 Å². The number of nitrogens with zero attached hydrogens (tertiary/aromatic N) is 1. The summed E-state index contributed by atoms with van der Waals surface area (Å²) < 4.78 is 0. The molecule has 6 heteroatoms. The lowest BCUT2D eigenvalue weighted by Crippen LogP contribution is -2.34. The molecule has 4 rings (SSSR count). The fraction of sp³-hybridized carbons (Fsp3) is 0.150. The van der Waals surface area contributed by atoms with Crippen molar-refractivity contribution in [3.05, 3.63) is 76.3 Å². The zero-order valence-electron chi connectivity index (χ0n) is 13.8. The molecule has 0 saturated carbocycles. The molecular weight excluding hydrogens is 387 g/mol. The van der Waals surface area contributed by atoms with Crippen molar-refractivity contribution in [1.29, 1.82) is 0 Å². The highest BCUT2D eigenvalue weighted by molar-refractivity contribution is 7.99. The summed E-state index contributed by atoms with van der Waals surface area (Å²) in [6, 6.07) is 19.2. The van der Waals surface area contributed by atoms with Crippen molar-refractivity contribution in [3.8, 4) is 0 Å². The zero-order chi connectivity index (χ0) is 18.1. The number of anilines is 1. The van der Waals surface area contributed by atoms with Crippen LogP contribution in [0.2, 0.25) is 10.0 Å². The highest BCUT2D eigenvalue weighted by atomic mass is 35.5. The van der Waals surface area contributed by atoms with Gasteiger partial charge in [0.2, 0.25) is 0 Å². The number of carbonyl (C=O) groups is 1. The van der Waals surface area contributed by atoms with Crippen LogP contribution in [-0.2, 0) is 0 Å². The van der Waals surface area contributed by atoms with Gasteiger partial charge in [-0.2, -0.15) is 0 Å². The van der Waals surface area contributed by atoms with Crippen molar-refractivity contribution in [2.75, 3.05) is 17.6 Å². The highest BCUT2D eigenvalue weighted by Crippen LogP contribution is 2.42. The summed E-state index contributed by atoms with van der Waals surface area (Å²) in [7, 11) is 0. The van der Waals surface area contributed by atoms with Crippen LogP contribution in [0.5, 0.6) is 0 Å². The molecule has 0 spiro atoms. The summed E-state index contributed by atoms with van der Waals surface area (Å²) in [6.07, 6.45) is 0. The molecule has 0 aliphatic carbocycles. The number of amides is 2. The number of thioether (sulfide) groups is 1. The Bertz CT molecular complexity index is 974. The highest BCUT2D eigenvalue weighted by Gasteiger charge is 2.32. The van der Waals surface area contributed by atoms with Crippen LogP contribution in [0.25, 0.3) is 10.8 Å². The molecule has 132 valence electrons. The van der Waals surface area contributed by atoms with Crippen LogP contribution in [0.4, 0.5) is 10.5 Å². The smallest absolute Gasteiger partial charge is 0.308 e. The fourth-order valence-corrected chi connectivity index (χ4v) is 5.03. The predicted molar refractivity (Wildman–Crippen MR) is 111 cm³/mol. The summed E-state index contributed by atoms with van der Waals surface area (Å²) in [5.41, 5.74) is 1.72. The first-order valence-electron chi connectivity index (χ1n) is 8.25. The van der Waals surface area contributed by atoms with Crippen LogP contribution in [0, 0.1) is 0 Å². The van der Waals surface area contributed by atoms with Gasteiger partial charge in [0.15, 0.2) is 0 Å². The van der Waals surface area contributed by atoms with Crippen molar-refractivity contribution in [2.24, 2.45) is 0 Å². The molecule has 1 fully saturated rings. The topological polar surface area (TPSA) is 32.3 Å². The Morgan fingerprint density at radius 1 is 1.08 bits per heavy atom. The van der Waals surface area contributed by atoms with Crippen molar-refractivity contribution in [1.82, 2.24) is 4.90 Å². The van der Waals surface area contributed by atoms with E-state index < -0.39 is 0 Å². The first kappa shape index (κ1) is 17.5. The van der Waals surface area contributed by atoms with Gasteiger partial charge in [0.05, 0.1) is 5.69 Å². The van der Waals surface area contributed by atoms with Crippen molar-refractivity contribution in [2.45, 2.75) is 5.37 Å². The van der Waals surface area contributed by atoms with E-state index in [1.807, 2.05) is 59.5 Å². The SMILES string of the molecule is O=C(Nc1cccc2ccccc12)N1CCS[C@H]1c1ccc(Cl)cc1Cl. The summed E-state index contributed by atoms with van der Waals surface area (Å²) in [6.45, 7) is 0.672.